The molecule has 0 amide bonds. The predicted molar refractivity (Wildman–Crippen MR) is 99.0 cm³/mol. The molecule has 4 rings (SSSR count). The third-order valence-electron chi connectivity index (χ3n) is 4.59. The number of para-hydroxylation sites is 1. The molecule has 0 atom stereocenters. The molecule has 0 bridgehead atoms. The highest BCUT2D eigenvalue weighted by Gasteiger charge is 2.16. The van der Waals surface area contributed by atoms with Crippen molar-refractivity contribution in [3.63, 3.8) is 0 Å². The zero-order valence-electron chi connectivity index (χ0n) is 14.2. The molecule has 25 heavy (non-hydrogen) atoms. The highest BCUT2D eigenvalue weighted by atomic mass is 16.6. The minimum absolute atomic E-state index is 0.420. The maximum Gasteiger partial charge on any atom is 0.144 e. The van der Waals surface area contributed by atoms with Gasteiger partial charge in [0.05, 0.1) is 18.3 Å². The maximum atomic E-state index is 5.70. The fourth-order valence-corrected chi connectivity index (χ4v) is 3.32. The van der Waals surface area contributed by atoms with Crippen LogP contribution in [0.25, 0.3) is 10.9 Å². The van der Waals surface area contributed by atoms with Crippen LogP contribution in [0.15, 0.2) is 59.9 Å². The molecule has 0 N–H and O–H groups in total. The van der Waals surface area contributed by atoms with E-state index in [-0.39, 0.29) is 0 Å². The molecule has 0 aliphatic heterocycles. The Kier molecular flexibility index (Phi) is 4.34. The molecule has 1 heterocycles. The second-order valence-corrected chi connectivity index (χ2v) is 6.18. The Morgan fingerprint density at radius 2 is 2.00 bits per heavy atom. The second kappa shape index (κ2) is 6.93. The van der Waals surface area contributed by atoms with Crippen LogP contribution in [-0.2, 0) is 17.9 Å². The lowest BCUT2D eigenvalue weighted by Gasteiger charge is -2.18. The summed E-state index contributed by atoms with van der Waals surface area (Å²) in [4.78, 5) is 10.2. The van der Waals surface area contributed by atoms with Crippen molar-refractivity contribution in [3.8, 4) is 5.75 Å². The van der Waals surface area contributed by atoms with Crippen LogP contribution < -0.4 is 4.74 Å². The SMILES string of the molecule is COc1ccc2c(c1)CCC/C2=N/OCc1cccc2cccnc12. The summed E-state index contributed by atoms with van der Waals surface area (Å²) in [6.07, 6.45) is 4.88. The smallest absolute Gasteiger partial charge is 0.144 e. The monoisotopic (exact) mass is 332 g/mol. The number of fused-ring (bicyclic) bond motifs is 2. The first kappa shape index (κ1) is 15.6. The number of ether oxygens (including phenoxy) is 1. The fraction of sp³-hybridized carbons (Fsp3) is 0.238. The summed E-state index contributed by atoms with van der Waals surface area (Å²) in [5.74, 6) is 0.891. The van der Waals surface area contributed by atoms with Crippen LogP contribution in [-0.4, -0.2) is 17.8 Å². The number of aromatic nitrogens is 1. The zero-order chi connectivity index (χ0) is 17.1. The van der Waals surface area contributed by atoms with Gasteiger partial charge in [0.25, 0.3) is 0 Å². The van der Waals surface area contributed by atoms with Gasteiger partial charge in [0, 0.05) is 22.7 Å². The Morgan fingerprint density at radius 1 is 1.08 bits per heavy atom. The lowest BCUT2D eigenvalue weighted by molar-refractivity contribution is 0.130. The van der Waals surface area contributed by atoms with Crippen molar-refractivity contribution < 1.29 is 9.57 Å². The first-order valence-corrected chi connectivity index (χ1v) is 8.54. The third-order valence-corrected chi connectivity index (χ3v) is 4.59. The molecule has 0 fully saturated rings. The van der Waals surface area contributed by atoms with Crippen molar-refractivity contribution in [1.29, 1.82) is 0 Å². The minimum atomic E-state index is 0.420. The van der Waals surface area contributed by atoms with E-state index in [2.05, 4.69) is 34.4 Å². The molecule has 0 unspecified atom stereocenters. The largest absolute Gasteiger partial charge is 0.497 e. The standard InChI is InChI=1S/C21H20N2O2/c1-24-18-10-11-19-16(13-18)6-3-9-20(19)23-25-14-17-7-2-5-15-8-4-12-22-21(15)17/h2,4-5,7-8,10-13H,3,6,9,14H2,1H3/b23-20-. The van der Waals surface area contributed by atoms with Crippen LogP contribution in [0.1, 0.15) is 29.5 Å². The molecule has 126 valence electrons. The summed E-state index contributed by atoms with van der Waals surface area (Å²) in [5, 5.41) is 5.55. The Morgan fingerprint density at radius 3 is 2.92 bits per heavy atom. The van der Waals surface area contributed by atoms with Crippen LogP contribution in [0.5, 0.6) is 5.75 Å². The molecule has 1 aliphatic rings. The van der Waals surface area contributed by atoms with Gasteiger partial charge in [-0.25, -0.2) is 0 Å². The lowest BCUT2D eigenvalue weighted by Crippen LogP contribution is -2.12. The minimum Gasteiger partial charge on any atom is -0.497 e. The molecule has 2 aromatic carbocycles. The topological polar surface area (TPSA) is 43.7 Å². The summed E-state index contributed by atoms with van der Waals surface area (Å²) in [7, 11) is 1.70. The molecule has 0 radical (unpaired) electrons. The van der Waals surface area contributed by atoms with E-state index in [9.17, 15) is 0 Å². The van der Waals surface area contributed by atoms with Crippen molar-refractivity contribution >= 4 is 16.6 Å². The normalized spacial score (nSPS) is 15.2. The van der Waals surface area contributed by atoms with Gasteiger partial charge in [0.15, 0.2) is 0 Å². The number of aryl methyl sites for hydroxylation is 1. The molecule has 4 nitrogen and oxygen atoms in total. The first-order valence-electron chi connectivity index (χ1n) is 8.54. The number of methoxy groups -OCH3 is 1. The van der Waals surface area contributed by atoms with E-state index in [4.69, 9.17) is 9.57 Å². The quantitative estimate of drug-likeness (QED) is 0.661. The van der Waals surface area contributed by atoms with Gasteiger partial charge in [0.2, 0.25) is 0 Å². The molecular formula is C21H20N2O2. The summed E-state index contributed by atoms with van der Waals surface area (Å²) >= 11 is 0. The van der Waals surface area contributed by atoms with Crippen LogP contribution in [0.2, 0.25) is 0 Å². The summed E-state index contributed by atoms with van der Waals surface area (Å²) in [5.41, 5.74) is 5.48. The van der Waals surface area contributed by atoms with Gasteiger partial charge in [0.1, 0.15) is 12.4 Å². The molecule has 4 heteroatoms. The number of hydrogen-bond donors (Lipinski definition) is 0. The van der Waals surface area contributed by atoms with Crippen LogP contribution in [0, 0.1) is 0 Å². The highest BCUT2D eigenvalue weighted by molar-refractivity contribution is 6.02. The molecular weight excluding hydrogens is 312 g/mol. The molecule has 1 aromatic heterocycles. The van der Waals surface area contributed by atoms with Gasteiger partial charge in [-0.15, -0.1) is 0 Å². The van der Waals surface area contributed by atoms with E-state index in [0.29, 0.717) is 6.61 Å². The molecule has 0 saturated heterocycles. The van der Waals surface area contributed by atoms with Crippen LogP contribution in [0.4, 0.5) is 0 Å². The molecule has 1 aliphatic carbocycles. The van der Waals surface area contributed by atoms with Gasteiger partial charge in [-0.05, 0) is 49.1 Å². The third kappa shape index (κ3) is 3.20. The Bertz CT molecular complexity index is 929. The van der Waals surface area contributed by atoms with Crippen molar-refractivity contribution in [3.05, 3.63) is 71.4 Å². The number of hydrogen-bond acceptors (Lipinski definition) is 4. The van der Waals surface area contributed by atoms with Crippen molar-refractivity contribution in [2.24, 2.45) is 5.16 Å². The Balaban J connectivity index is 1.55. The van der Waals surface area contributed by atoms with Crippen LogP contribution >= 0.6 is 0 Å². The Labute approximate surface area is 147 Å². The van der Waals surface area contributed by atoms with E-state index in [0.717, 1.165) is 47.2 Å². The number of benzene rings is 2. The Hall–Kier alpha value is -2.88. The molecule has 0 saturated carbocycles. The fourth-order valence-electron chi connectivity index (χ4n) is 3.32. The lowest BCUT2D eigenvalue weighted by atomic mass is 9.90. The molecule has 0 spiro atoms. The summed E-state index contributed by atoms with van der Waals surface area (Å²) in [6, 6.07) is 16.3. The van der Waals surface area contributed by atoms with Gasteiger partial charge in [-0.2, -0.15) is 0 Å². The van der Waals surface area contributed by atoms with Gasteiger partial charge in [-0.3, -0.25) is 4.98 Å². The number of nitrogens with zero attached hydrogens (tertiary/aromatic N) is 2. The summed E-state index contributed by atoms with van der Waals surface area (Å²) < 4.78 is 5.32. The van der Waals surface area contributed by atoms with Crippen molar-refractivity contribution in [2.75, 3.05) is 7.11 Å². The summed E-state index contributed by atoms with van der Waals surface area (Å²) in [6.45, 7) is 0.420. The van der Waals surface area contributed by atoms with Gasteiger partial charge < -0.3 is 9.57 Å². The van der Waals surface area contributed by atoms with Crippen molar-refractivity contribution in [2.45, 2.75) is 25.9 Å². The predicted octanol–water partition coefficient (Wildman–Crippen LogP) is 4.50. The highest BCUT2D eigenvalue weighted by Crippen LogP contribution is 2.26. The van der Waals surface area contributed by atoms with E-state index < -0.39 is 0 Å². The number of oxime groups is 1. The van der Waals surface area contributed by atoms with Crippen molar-refractivity contribution in [1.82, 2.24) is 4.98 Å². The average molecular weight is 332 g/mol. The van der Waals surface area contributed by atoms with E-state index in [1.54, 1.807) is 7.11 Å². The van der Waals surface area contributed by atoms with E-state index >= 15 is 0 Å². The molecule has 3 aromatic rings. The van der Waals surface area contributed by atoms with E-state index in [1.165, 1.54) is 11.1 Å². The zero-order valence-corrected chi connectivity index (χ0v) is 14.2. The maximum absolute atomic E-state index is 5.70. The number of pyridine rings is 1. The van der Waals surface area contributed by atoms with Crippen LogP contribution in [0.3, 0.4) is 0 Å². The van der Waals surface area contributed by atoms with E-state index in [1.807, 2.05) is 30.5 Å². The van der Waals surface area contributed by atoms with Gasteiger partial charge in [-0.1, -0.05) is 29.4 Å². The number of rotatable bonds is 4. The second-order valence-electron chi connectivity index (χ2n) is 6.18. The first-order chi connectivity index (χ1) is 12.3. The average Bonchev–Trinajstić information content (AvgIpc) is 2.68. The van der Waals surface area contributed by atoms with Gasteiger partial charge >= 0.3 is 0 Å².